The zero-order valence-electron chi connectivity index (χ0n) is 13.7. The summed E-state index contributed by atoms with van der Waals surface area (Å²) < 4.78 is 5.15. The van der Waals surface area contributed by atoms with Gasteiger partial charge in [-0.15, -0.1) is 0 Å². The van der Waals surface area contributed by atoms with Gasteiger partial charge in [-0.1, -0.05) is 25.0 Å². The second-order valence-electron chi connectivity index (χ2n) is 6.65. The molecule has 1 saturated carbocycles. The number of rotatable bonds is 6. The van der Waals surface area contributed by atoms with Gasteiger partial charge in [0.15, 0.2) is 0 Å². The zero-order valence-corrected chi connectivity index (χ0v) is 13.7. The van der Waals surface area contributed by atoms with Gasteiger partial charge in [0.05, 0.1) is 0 Å². The fourth-order valence-corrected chi connectivity index (χ4v) is 2.60. The number of carbonyl (C=O) groups is 1. The fraction of sp³-hybridized carbons (Fsp3) is 0.812. The van der Waals surface area contributed by atoms with E-state index >= 15 is 0 Å². The van der Waals surface area contributed by atoms with E-state index in [1.165, 1.54) is 25.7 Å². The summed E-state index contributed by atoms with van der Waals surface area (Å²) in [4.78, 5) is 11.4. The number of ether oxygens (including phenoxy) is 1. The Morgan fingerprint density at radius 2 is 1.90 bits per heavy atom. The normalized spacial score (nSPS) is 23.2. The van der Waals surface area contributed by atoms with Crippen molar-refractivity contribution in [3.05, 3.63) is 12.2 Å². The Hall–Kier alpha value is -1.07. The Labute approximate surface area is 128 Å². The van der Waals surface area contributed by atoms with E-state index < -0.39 is 5.60 Å². The Kier molecular flexibility index (Phi) is 7.75. The first-order valence-electron chi connectivity index (χ1n) is 7.97. The molecular weight excluding hydrogens is 266 g/mol. The van der Waals surface area contributed by atoms with E-state index in [0.29, 0.717) is 18.5 Å². The molecule has 0 aromatic heterocycles. The smallest absolute Gasteiger partial charge is 0.407 e. The van der Waals surface area contributed by atoms with Gasteiger partial charge < -0.3 is 21.1 Å². The van der Waals surface area contributed by atoms with Crippen LogP contribution >= 0.6 is 0 Å². The summed E-state index contributed by atoms with van der Waals surface area (Å²) >= 11 is 0. The highest BCUT2D eigenvalue weighted by Crippen LogP contribution is 2.23. The predicted octanol–water partition coefficient (Wildman–Crippen LogP) is 2.17. The fourth-order valence-electron chi connectivity index (χ4n) is 2.60. The van der Waals surface area contributed by atoms with Crippen molar-refractivity contribution in [1.82, 2.24) is 10.6 Å². The van der Waals surface area contributed by atoms with Gasteiger partial charge >= 0.3 is 6.09 Å². The van der Waals surface area contributed by atoms with Gasteiger partial charge in [-0.25, -0.2) is 4.79 Å². The van der Waals surface area contributed by atoms with Gasteiger partial charge in [0, 0.05) is 19.1 Å². The summed E-state index contributed by atoms with van der Waals surface area (Å²) in [6.45, 7) is 7.62. The molecule has 1 fully saturated rings. The van der Waals surface area contributed by atoms with Crippen molar-refractivity contribution in [2.45, 2.75) is 58.1 Å². The van der Waals surface area contributed by atoms with Crippen LogP contribution in [0.25, 0.3) is 0 Å². The molecule has 0 saturated heterocycles. The molecule has 0 heterocycles. The van der Waals surface area contributed by atoms with E-state index in [0.717, 1.165) is 13.1 Å². The monoisotopic (exact) mass is 297 g/mol. The molecule has 2 atom stereocenters. The minimum Gasteiger partial charge on any atom is -0.444 e. The molecule has 1 rings (SSSR count). The summed E-state index contributed by atoms with van der Waals surface area (Å²) in [5, 5.41) is 6.24. The van der Waals surface area contributed by atoms with Crippen molar-refractivity contribution >= 4 is 6.09 Å². The largest absolute Gasteiger partial charge is 0.444 e. The highest BCUT2D eigenvalue weighted by molar-refractivity contribution is 5.67. The molecule has 0 spiro atoms. The minimum absolute atomic E-state index is 0.379. The number of carbonyl (C=O) groups excluding carboxylic acids is 1. The summed E-state index contributed by atoms with van der Waals surface area (Å²) in [5.74, 6) is 0.604. The van der Waals surface area contributed by atoms with Crippen molar-refractivity contribution < 1.29 is 9.53 Å². The standard InChI is InChI=1S/C16H31N3O2/c1-16(2,3)21-15(20)19-11-7-6-10-18-14-9-5-4-8-13(14)12-17/h6-7,13-14,18H,4-5,8-12,17H2,1-3H3,(H,19,20)/b7-6+. The quantitative estimate of drug-likeness (QED) is 0.657. The third-order valence-corrected chi connectivity index (χ3v) is 3.64. The number of hydrogen-bond donors (Lipinski definition) is 3. The predicted molar refractivity (Wildman–Crippen MR) is 86.2 cm³/mol. The van der Waals surface area contributed by atoms with Crippen LogP contribution < -0.4 is 16.4 Å². The highest BCUT2D eigenvalue weighted by atomic mass is 16.6. The summed E-state index contributed by atoms with van der Waals surface area (Å²) in [7, 11) is 0. The van der Waals surface area contributed by atoms with E-state index in [9.17, 15) is 4.79 Å². The first-order valence-corrected chi connectivity index (χ1v) is 7.97. The maximum Gasteiger partial charge on any atom is 0.407 e. The zero-order chi connectivity index (χ0) is 15.7. The van der Waals surface area contributed by atoms with Crippen molar-refractivity contribution in [1.29, 1.82) is 0 Å². The first kappa shape index (κ1) is 18.0. The van der Waals surface area contributed by atoms with Crippen LogP contribution in [0.1, 0.15) is 46.5 Å². The van der Waals surface area contributed by atoms with Crippen molar-refractivity contribution in [3.8, 4) is 0 Å². The molecule has 2 unspecified atom stereocenters. The van der Waals surface area contributed by atoms with Crippen molar-refractivity contribution in [3.63, 3.8) is 0 Å². The van der Waals surface area contributed by atoms with Gasteiger partial charge in [0.2, 0.25) is 0 Å². The van der Waals surface area contributed by atoms with Gasteiger partial charge in [-0.3, -0.25) is 0 Å². The number of hydrogen-bond acceptors (Lipinski definition) is 4. The van der Waals surface area contributed by atoms with E-state index in [1.807, 2.05) is 32.9 Å². The summed E-state index contributed by atoms with van der Waals surface area (Å²) in [6, 6.07) is 0.534. The number of nitrogens with two attached hydrogens (primary N) is 1. The Balaban J connectivity index is 2.13. The number of nitrogens with one attached hydrogen (secondary N) is 2. The Morgan fingerprint density at radius 3 is 2.57 bits per heavy atom. The van der Waals surface area contributed by atoms with Crippen LogP contribution in [0.5, 0.6) is 0 Å². The molecule has 0 radical (unpaired) electrons. The number of amides is 1. The molecule has 0 aromatic carbocycles. The van der Waals surface area contributed by atoms with Crippen LogP contribution in [0.2, 0.25) is 0 Å². The van der Waals surface area contributed by atoms with Gasteiger partial charge in [-0.05, 0) is 46.1 Å². The van der Waals surface area contributed by atoms with Crippen LogP contribution in [0.3, 0.4) is 0 Å². The lowest BCUT2D eigenvalue weighted by molar-refractivity contribution is 0.0534. The SMILES string of the molecule is CC(C)(C)OC(=O)NC/C=C/CNC1CCCCC1CN. The Bertz CT molecular complexity index is 337. The molecule has 5 nitrogen and oxygen atoms in total. The van der Waals surface area contributed by atoms with Crippen LogP contribution in [0, 0.1) is 5.92 Å². The molecule has 0 aliphatic heterocycles. The average Bonchev–Trinajstić information content (AvgIpc) is 2.41. The molecule has 4 N–H and O–H groups in total. The molecule has 1 amide bonds. The highest BCUT2D eigenvalue weighted by Gasteiger charge is 2.22. The van der Waals surface area contributed by atoms with Gasteiger partial charge in [0.1, 0.15) is 5.60 Å². The topological polar surface area (TPSA) is 76.4 Å². The molecule has 0 bridgehead atoms. The van der Waals surface area contributed by atoms with Crippen LogP contribution in [0.15, 0.2) is 12.2 Å². The number of alkyl carbamates (subject to hydrolysis) is 1. The lowest BCUT2D eigenvalue weighted by atomic mass is 9.84. The van der Waals surface area contributed by atoms with E-state index in [2.05, 4.69) is 10.6 Å². The molecule has 1 aliphatic rings. The maximum atomic E-state index is 11.4. The van der Waals surface area contributed by atoms with E-state index in [-0.39, 0.29) is 6.09 Å². The molecule has 5 heteroatoms. The maximum absolute atomic E-state index is 11.4. The second-order valence-corrected chi connectivity index (χ2v) is 6.65. The third-order valence-electron chi connectivity index (χ3n) is 3.64. The van der Waals surface area contributed by atoms with E-state index in [1.54, 1.807) is 0 Å². The van der Waals surface area contributed by atoms with Gasteiger partial charge in [0.25, 0.3) is 0 Å². The minimum atomic E-state index is -0.451. The molecule has 122 valence electrons. The molecule has 21 heavy (non-hydrogen) atoms. The lowest BCUT2D eigenvalue weighted by Crippen LogP contribution is -2.41. The molecular formula is C16H31N3O2. The van der Waals surface area contributed by atoms with Crippen LogP contribution in [-0.2, 0) is 4.74 Å². The molecule has 1 aliphatic carbocycles. The molecule has 0 aromatic rings. The van der Waals surface area contributed by atoms with Crippen molar-refractivity contribution in [2.24, 2.45) is 11.7 Å². The third kappa shape index (κ3) is 8.07. The first-order chi connectivity index (χ1) is 9.92. The van der Waals surface area contributed by atoms with Crippen molar-refractivity contribution in [2.75, 3.05) is 19.6 Å². The Morgan fingerprint density at radius 1 is 1.24 bits per heavy atom. The van der Waals surface area contributed by atoms with Crippen LogP contribution in [-0.4, -0.2) is 37.4 Å². The second kappa shape index (κ2) is 9.05. The summed E-state index contributed by atoms with van der Waals surface area (Å²) in [6.07, 6.45) is 8.64. The summed E-state index contributed by atoms with van der Waals surface area (Å²) in [5.41, 5.74) is 5.36. The van der Waals surface area contributed by atoms with E-state index in [4.69, 9.17) is 10.5 Å². The van der Waals surface area contributed by atoms with Crippen LogP contribution in [0.4, 0.5) is 4.79 Å². The lowest BCUT2D eigenvalue weighted by Gasteiger charge is -2.31. The average molecular weight is 297 g/mol. The van der Waals surface area contributed by atoms with Gasteiger partial charge in [-0.2, -0.15) is 0 Å².